The lowest BCUT2D eigenvalue weighted by Gasteiger charge is -2.33. The molecular formula is C21H29NO5. The Labute approximate surface area is 160 Å². The molecule has 1 amide bonds. The first kappa shape index (κ1) is 19.9. The molecule has 0 aliphatic carbocycles. The van der Waals surface area contributed by atoms with E-state index in [0.29, 0.717) is 32.0 Å². The third-order valence-corrected chi connectivity index (χ3v) is 4.91. The number of ether oxygens (including phenoxy) is 3. The maximum absolute atomic E-state index is 12.9. The monoisotopic (exact) mass is 375 g/mol. The van der Waals surface area contributed by atoms with Gasteiger partial charge in [-0.2, -0.15) is 0 Å². The van der Waals surface area contributed by atoms with Crippen LogP contribution in [0.4, 0.5) is 0 Å². The Kier molecular flexibility index (Phi) is 7.68. The molecule has 0 saturated carbocycles. The van der Waals surface area contributed by atoms with Crippen molar-refractivity contribution in [3.05, 3.63) is 47.7 Å². The van der Waals surface area contributed by atoms with E-state index in [4.69, 9.17) is 19.3 Å². The van der Waals surface area contributed by atoms with Crippen molar-refractivity contribution in [3.63, 3.8) is 0 Å². The van der Waals surface area contributed by atoms with Crippen molar-refractivity contribution in [2.75, 3.05) is 39.5 Å². The molecule has 0 unspecified atom stereocenters. The van der Waals surface area contributed by atoms with Crippen molar-refractivity contribution in [2.24, 2.45) is 0 Å². The third kappa shape index (κ3) is 5.79. The molecule has 6 nitrogen and oxygen atoms in total. The average molecular weight is 375 g/mol. The highest BCUT2D eigenvalue weighted by atomic mass is 16.7. The number of benzene rings is 1. The van der Waals surface area contributed by atoms with Crippen molar-refractivity contribution >= 4 is 5.91 Å². The first-order valence-corrected chi connectivity index (χ1v) is 9.81. The molecule has 2 aliphatic heterocycles. The summed E-state index contributed by atoms with van der Waals surface area (Å²) in [7, 11) is 0. The van der Waals surface area contributed by atoms with E-state index in [1.165, 1.54) is 6.42 Å². The molecule has 0 spiro atoms. The summed E-state index contributed by atoms with van der Waals surface area (Å²) in [5.41, 5.74) is 1.15. The molecule has 0 aromatic heterocycles. The standard InChI is InChI=1S/C21H29NO5/c23-11-12-25-13-14-26-20-16-18(17-7-3-1-4-8-17)15-19(27-20)21(24)22-9-5-2-6-10-22/h1,3-4,7-8,15,18,20,23H,2,5-6,9-14,16H2/t18-,20+/m0/s1. The van der Waals surface area contributed by atoms with Crippen LogP contribution in [0.15, 0.2) is 42.2 Å². The molecule has 1 aromatic carbocycles. The number of likely N-dealkylation sites (tertiary alicyclic amines) is 1. The van der Waals surface area contributed by atoms with Crippen molar-refractivity contribution in [2.45, 2.75) is 37.9 Å². The van der Waals surface area contributed by atoms with Gasteiger partial charge in [0.15, 0.2) is 5.76 Å². The zero-order chi connectivity index (χ0) is 18.9. The molecule has 6 heteroatoms. The van der Waals surface area contributed by atoms with Crippen LogP contribution in [-0.2, 0) is 19.0 Å². The maximum Gasteiger partial charge on any atom is 0.288 e. The summed E-state index contributed by atoms with van der Waals surface area (Å²) in [5, 5.41) is 8.75. The van der Waals surface area contributed by atoms with E-state index < -0.39 is 6.29 Å². The molecule has 1 saturated heterocycles. The highest BCUT2D eigenvalue weighted by Crippen LogP contribution is 2.32. The molecule has 0 radical (unpaired) electrons. The fraction of sp³-hybridized carbons (Fsp3) is 0.571. The van der Waals surface area contributed by atoms with Crippen molar-refractivity contribution in [1.29, 1.82) is 0 Å². The number of aliphatic hydroxyl groups is 1. The van der Waals surface area contributed by atoms with Gasteiger partial charge in [0.25, 0.3) is 5.91 Å². The average Bonchev–Trinajstić information content (AvgIpc) is 2.74. The summed E-state index contributed by atoms with van der Waals surface area (Å²) in [6, 6.07) is 10.1. The molecule has 2 heterocycles. The summed E-state index contributed by atoms with van der Waals surface area (Å²) in [6.45, 7) is 2.60. The number of carbonyl (C=O) groups excluding carboxylic acids is 1. The summed E-state index contributed by atoms with van der Waals surface area (Å²) < 4.78 is 16.9. The van der Waals surface area contributed by atoms with E-state index in [9.17, 15) is 4.79 Å². The topological polar surface area (TPSA) is 68.2 Å². The summed E-state index contributed by atoms with van der Waals surface area (Å²) in [6.07, 6.45) is 5.37. The van der Waals surface area contributed by atoms with Gasteiger partial charge in [0, 0.05) is 25.4 Å². The van der Waals surface area contributed by atoms with Crippen LogP contribution in [0.1, 0.15) is 37.2 Å². The Balaban J connectivity index is 1.67. The SMILES string of the molecule is O=C(C1=C[C@H](c2ccccc2)C[C@H](OCCOCCO)O1)N1CCCCC1. The van der Waals surface area contributed by atoms with E-state index in [1.54, 1.807) is 0 Å². The molecule has 1 fully saturated rings. The quantitative estimate of drug-likeness (QED) is 0.707. The molecule has 1 N–H and O–H groups in total. The van der Waals surface area contributed by atoms with Crippen LogP contribution in [-0.4, -0.2) is 61.7 Å². The Morgan fingerprint density at radius 3 is 2.63 bits per heavy atom. The third-order valence-electron chi connectivity index (χ3n) is 4.91. The lowest BCUT2D eigenvalue weighted by atomic mass is 9.93. The number of hydrogen-bond donors (Lipinski definition) is 1. The Morgan fingerprint density at radius 2 is 1.89 bits per heavy atom. The van der Waals surface area contributed by atoms with E-state index >= 15 is 0 Å². The molecule has 0 bridgehead atoms. The largest absolute Gasteiger partial charge is 0.459 e. The fourth-order valence-corrected chi connectivity index (χ4v) is 3.50. The molecule has 3 rings (SSSR count). The van der Waals surface area contributed by atoms with E-state index in [0.717, 1.165) is 31.5 Å². The zero-order valence-electron chi connectivity index (χ0n) is 15.7. The van der Waals surface area contributed by atoms with Gasteiger partial charge >= 0.3 is 0 Å². The Morgan fingerprint density at radius 1 is 1.11 bits per heavy atom. The van der Waals surface area contributed by atoms with Crippen LogP contribution in [0, 0.1) is 0 Å². The molecular weight excluding hydrogens is 346 g/mol. The van der Waals surface area contributed by atoms with Gasteiger partial charge in [0.05, 0.1) is 26.4 Å². The minimum atomic E-state index is -0.485. The lowest BCUT2D eigenvalue weighted by Crippen LogP contribution is -2.39. The maximum atomic E-state index is 12.9. The minimum Gasteiger partial charge on any atom is -0.459 e. The zero-order valence-corrected chi connectivity index (χ0v) is 15.7. The summed E-state index contributed by atoms with van der Waals surface area (Å²) in [5.74, 6) is 0.422. The van der Waals surface area contributed by atoms with E-state index in [-0.39, 0.29) is 18.4 Å². The van der Waals surface area contributed by atoms with Crippen molar-refractivity contribution in [1.82, 2.24) is 4.90 Å². The number of amides is 1. The number of rotatable bonds is 8. The highest BCUT2D eigenvalue weighted by Gasteiger charge is 2.31. The van der Waals surface area contributed by atoms with Crippen LogP contribution in [0.3, 0.4) is 0 Å². The van der Waals surface area contributed by atoms with Gasteiger partial charge < -0.3 is 24.2 Å². The molecule has 1 aromatic rings. The molecule has 2 aliphatic rings. The van der Waals surface area contributed by atoms with Gasteiger partial charge in [-0.05, 0) is 30.9 Å². The Bertz CT molecular complexity index is 612. The van der Waals surface area contributed by atoms with Crippen LogP contribution >= 0.6 is 0 Å². The van der Waals surface area contributed by atoms with Gasteiger partial charge in [-0.15, -0.1) is 0 Å². The van der Waals surface area contributed by atoms with Gasteiger partial charge in [0.2, 0.25) is 6.29 Å². The van der Waals surface area contributed by atoms with Crippen molar-refractivity contribution < 1.29 is 24.1 Å². The van der Waals surface area contributed by atoms with Crippen LogP contribution in [0.25, 0.3) is 0 Å². The summed E-state index contributed by atoms with van der Waals surface area (Å²) >= 11 is 0. The summed E-state index contributed by atoms with van der Waals surface area (Å²) in [4.78, 5) is 14.8. The number of allylic oxidation sites excluding steroid dienone is 1. The number of hydrogen-bond acceptors (Lipinski definition) is 5. The fourth-order valence-electron chi connectivity index (χ4n) is 3.50. The van der Waals surface area contributed by atoms with E-state index in [1.807, 2.05) is 29.2 Å². The first-order valence-electron chi connectivity index (χ1n) is 9.81. The smallest absolute Gasteiger partial charge is 0.288 e. The van der Waals surface area contributed by atoms with E-state index in [2.05, 4.69) is 12.1 Å². The first-order chi connectivity index (χ1) is 13.3. The number of aliphatic hydroxyl groups excluding tert-OH is 1. The van der Waals surface area contributed by atoms with Crippen LogP contribution < -0.4 is 0 Å². The minimum absolute atomic E-state index is 0.00671. The van der Waals surface area contributed by atoms with Crippen molar-refractivity contribution in [3.8, 4) is 0 Å². The van der Waals surface area contributed by atoms with Crippen LogP contribution in [0.2, 0.25) is 0 Å². The van der Waals surface area contributed by atoms with Gasteiger partial charge in [0.1, 0.15) is 0 Å². The van der Waals surface area contributed by atoms with Gasteiger partial charge in [-0.25, -0.2) is 0 Å². The predicted molar refractivity (Wildman–Crippen MR) is 101 cm³/mol. The second-order valence-corrected chi connectivity index (χ2v) is 6.89. The number of nitrogens with zero attached hydrogens (tertiary/aromatic N) is 1. The second kappa shape index (κ2) is 10.4. The number of carbonyl (C=O) groups is 1. The lowest BCUT2D eigenvalue weighted by molar-refractivity contribution is -0.157. The molecule has 2 atom stereocenters. The van der Waals surface area contributed by atoms with Gasteiger partial charge in [-0.1, -0.05) is 30.3 Å². The number of piperidine rings is 1. The predicted octanol–water partition coefficient (Wildman–Crippen LogP) is 2.44. The second-order valence-electron chi connectivity index (χ2n) is 6.89. The normalized spacial score (nSPS) is 22.9. The molecule has 27 heavy (non-hydrogen) atoms. The highest BCUT2D eigenvalue weighted by molar-refractivity contribution is 5.91. The Hall–Kier alpha value is -1.89. The van der Waals surface area contributed by atoms with Crippen LogP contribution in [0.5, 0.6) is 0 Å². The molecule has 148 valence electrons. The van der Waals surface area contributed by atoms with Gasteiger partial charge in [-0.3, -0.25) is 4.79 Å².